The second kappa shape index (κ2) is 6.08. The lowest BCUT2D eigenvalue weighted by Gasteiger charge is -2.17. The monoisotopic (exact) mass is 313 g/mol. The molecular formula is C19H27N3O. The van der Waals surface area contributed by atoms with Crippen LogP contribution in [0, 0.1) is 17.8 Å². The number of fused-ring (bicyclic) bond motifs is 2. The molecule has 1 saturated carbocycles. The van der Waals surface area contributed by atoms with Crippen molar-refractivity contribution in [2.45, 2.75) is 26.2 Å². The zero-order valence-electron chi connectivity index (χ0n) is 13.9. The lowest BCUT2D eigenvalue weighted by atomic mass is 10.0. The minimum Gasteiger partial charge on any atom is -0.494 e. The van der Waals surface area contributed by atoms with Crippen molar-refractivity contribution in [3.63, 3.8) is 0 Å². The van der Waals surface area contributed by atoms with Gasteiger partial charge < -0.3 is 20.4 Å². The molecule has 0 radical (unpaired) electrons. The summed E-state index contributed by atoms with van der Waals surface area (Å²) in [7, 11) is 0. The van der Waals surface area contributed by atoms with Crippen molar-refractivity contribution in [2.24, 2.45) is 17.8 Å². The maximum absolute atomic E-state index is 5.98. The number of rotatable bonds is 5. The van der Waals surface area contributed by atoms with E-state index in [2.05, 4.69) is 16.8 Å². The zero-order chi connectivity index (χ0) is 15.8. The second-order valence-electron chi connectivity index (χ2n) is 7.30. The number of nitrogen functional groups attached to an aromatic ring is 1. The van der Waals surface area contributed by atoms with E-state index in [4.69, 9.17) is 10.5 Å². The van der Waals surface area contributed by atoms with Gasteiger partial charge in [0.05, 0.1) is 12.3 Å². The van der Waals surface area contributed by atoms with Crippen LogP contribution in [0.1, 0.15) is 26.2 Å². The number of aromatic amines is 1. The highest BCUT2D eigenvalue weighted by molar-refractivity contribution is 5.92. The molecule has 2 aliphatic rings. The lowest BCUT2D eigenvalue weighted by Crippen LogP contribution is -2.21. The van der Waals surface area contributed by atoms with Gasteiger partial charge in [-0.05, 0) is 61.8 Å². The van der Waals surface area contributed by atoms with Crippen molar-refractivity contribution in [1.29, 1.82) is 0 Å². The first-order chi connectivity index (χ1) is 11.2. The normalized spacial score (nSPS) is 27.6. The van der Waals surface area contributed by atoms with Gasteiger partial charge in [-0.3, -0.25) is 0 Å². The topological polar surface area (TPSA) is 54.3 Å². The van der Waals surface area contributed by atoms with Crippen molar-refractivity contribution >= 4 is 16.6 Å². The molecule has 1 aromatic carbocycles. The van der Waals surface area contributed by atoms with Crippen LogP contribution in [0.3, 0.4) is 0 Å². The van der Waals surface area contributed by atoms with E-state index in [1.54, 1.807) is 0 Å². The smallest absolute Gasteiger partial charge is 0.120 e. The van der Waals surface area contributed by atoms with E-state index >= 15 is 0 Å². The Morgan fingerprint density at radius 3 is 2.78 bits per heavy atom. The van der Waals surface area contributed by atoms with Crippen LogP contribution in [-0.2, 0) is 0 Å². The molecule has 1 aromatic heterocycles. The molecule has 4 heteroatoms. The SMILES string of the molecule is CCN1C[C@H]2CC(CCOc3ccc4[nH]cc(N)c4c3)C[C@H]2C1. The fourth-order valence-electron chi connectivity index (χ4n) is 4.57. The standard InChI is InChI=1S/C19H27N3O/c1-2-22-11-14-7-13(8-15(14)12-22)5-6-23-16-3-4-19-17(9-16)18(20)10-21-19/h3-4,9-10,13-15,21H,2,5-8,11-12,20H2,1H3/t13?,14-,15+. The van der Waals surface area contributed by atoms with Crippen molar-refractivity contribution in [3.05, 3.63) is 24.4 Å². The van der Waals surface area contributed by atoms with Gasteiger partial charge in [0.15, 0.2) is 0 Å². The number of H-pyrrole nitrogens is 1. The van der Waals surface area contributed by atoms with Gasteiger partial charge in [0.1, 0.15) is 5.75 Å². The van der Waals surface area contributed by atoms with Crippen molar-refractivity contribution in [2.75, 3.05) is 32.0 Å². The zero-order valence-corrected chi connectivity index (χ0v) is 13.9. The van der Waals surface area contributed by atoms with Gasteiger partial charge in [-0.1, -0.05) is 6.92 Å². The average Bonchev–Trinajstić information content (AvgIpc) is 3.21. The summed E-state index contributed by atoms with van der Waals surface area (Å²) in [4.78, 5) is 5.77. The molecular weight excluding hydrogens is 286 g/mol. The number of aromatic nitrogens is 1. The summed E-state index contributed by atoms with van der Waals surface area (Å²) in [6.07, 6.45) is 5.81. The molecule has 0 amide bonds. The third-order valence-electron chi connectivity index (χ3n) is 5.85. The molecule has 4 rings (SSSR count). The number of likely N-dealkylation sites (tertiary alicyclic amines) is 1. The fraction of sp³-hybridized carbons (Fsp3) is 0.579. The fourth-order valence-corrected chi connectivity index (χ4v) is 4.57. The Morgan fingerprint density at radius 2 is 2.04 bits per heavy atom. The third-order valence-corrected chi connectivity index (χ3v) is 5.85. The minimum absolute atomic E-state index is 0.787. The molecule has 0 spiro atoms. The molecule has 1 saturated heterocycles. The van der Waals surface area contributed by atoms with Gasteiger partial charge in [0, 0.05) is 30.2 Å². The third kappa shape index (κ3) is 2.92. The Kier molecular flexibility index (Phi) is 3.93. The van der Waals surface area contributed by atoms with E-state index < -0.39 is 0 Å². The average molecular weight is 313 g/mol. The first-order valence-corrected chi connectivity index (χ1v) is 8.94. The number of nitrogens with two attached hydrogens (primary N) is 1. The second-order valence-corrected chi connectivity index (χ2v) is 7.30. The molecule has 124 valence electrons. The first-order valence-electron chi connectivity index (χ1n) is 8.94. The van der Waals surface area contributed by atoms with Gasteiger partial charge in [-0.2, -0.15) is 0 Å². The lowest BCUT2D eigenvalue weighted by molar-refractivity contribution is 0.260. The van der Waals surface area contributed by atoms with E-state index in [0.29, 0.717) is 0 Å². The number of anilines is 1. The summed E-state index contributed by atoms with van der Waals surface area (Å²) >= 11 is 0. The van der Waals surface area contributed by atoms with Crippen LogP contribution < -0.4 is 10.5 Å². The van der Waals surface area contributed by atoms with Gasteiger partial charge in [-0.15, -0.1) is 0 Å². The molecule has 2 aromatic rings. The highest BCUT2D eigenvalue weighted by Crippen LogP contribution is 2.42. The molecule has 1 aliphatic carbocycles. The summed E-state index contributed by atoms with van der Waals surface area (Å²) in [6.45, 7) is 6.95. The van der Waals surface area contributed by atoms with Crippen LogP contribution in [0.2, 0.25) is 0 Å². The summed E-state index contributed by atoms with van der Waals surface area (Å²) in [5, 5.41) is 1.05. The summed E-state index contributed by atoms with van der Waals surface area (Å²) in [5.74, 6) is 3.66. The summed E-state index contributed by atoms with van der Waals surface area (Å²) in [5.41, 5.74) is 7.81. The van der Waals surface area contributed by atoms with E-state index in [9.17, 15) is 0 Å². The highest BCUT2D eigenvalue weighted by Gasteiger charge is 2.39. The molecule has 2 fully saturated rings. The van der Waals surface area contributed by atoms with Crippen LogP contribution in [0.5, 0.6) is 5.75 Å². The Labute approximate surface area is 138 Å². The predicted octanol–water partition coefficient (Wildman–Crippen LogP) is 3.50. The Bertz CT molecular complexity index is 666. The van der Waals surface area contributed by atoms with Crippen LogP contribution in [0.4, 0.5) is 5.69 Å². The molecule has 23 heavy (non-hydrogen) atoms. The number of nitrogens with zero attached hydrogens (tertiary/aromatic N) is 1. The molecule has 2 heterocycles. The van der Waals surface area contributed by atoms with Gasteiger partial charge >= 0.3 is 0 Å². The van der Waals surface area contributed by atoms with Gasteiger partial charge in [0.2, 0.25) is 0 Å². The first kappa shape index (κ1) is 14.9. The Balaban J connectivity index is 1.28. The van der Waals surface area contributed by atoms with Crippen LogP contribution in [0.25, 0.3) is 10.9 Å². The molecule has 1 unspecified atom stereocenters. The number of hydrogen-bond donors (Lipinski definition) is 2. The Hall–Kier alpha value is -1.68. The maximum atomic E-state index is 5.98. The van der Waals surface area contributed by atoms with E-state index in [1.165, 1.54) is 38.9 Å². The predicted molar refractivity (Wildman–Crippen MR) is 94.6 cm³/mol. The summed E-state index contributed by atoms with van der Waals surface area (Å²) in [6, 6.07) is 6.12. The van der Waals surface area contributed by atoms with Crippen molar-refractivity contribution in [1.82, 2.24) is 9.88 Å². The van der Waals surface area contributed by atoms with Crippen LogP contribution in [-0.4, -0.2) is 36.1 Å². The van der Waals surface area contributed by atoms with E-state index in [0.717, 1.165) is 46.7 Å². The molecule has 1 aliphatic heterocycles. The van der Waals surface area contributed by atoms with Crippen molar-refractivity contribution in [3.8, 4) is 5.75 Å². The van der Waals surface area contributed by atoms with Crippen LogP contribution >= 0.6 is 0 Å². The van der Waals surface area contributed by atoms with E-state index in [-0.39, 0.29) is 0 Å². The highest BCUT2D eigenvalue weighted by atomic mass is 16.5. The maximum Gasteiger partial charge on any atom is 0.120 e. The Morgan fingerprint density at radius 1 is 1.26 bits per heavy atom. The molecule has 3 atom stereocenters. The van der Waals surface area contributed by atoms with Gasteiger partial charge in [0.25, 0.3) is 0 Å². The molecule has 4 nitrogen and oxygen atoms in total. The molecule has 0 bridgehead atoms. The number of ether oxygens (including phenoxy) is 1. The quantitative estimate of drug-likeness (QED) is 0.888. The largest absolute Gasteiger partial charge is 0.494 e. The summed E-state index contributed by atoms with van der Waals surface area (Å²) < 4.78 is 5.98. The minimum atomic E-state index is 0.787. The van der Waals surface area contributed by atoms with E-state index in [1.807, 2.05) is 24.4 Å². The van der Waals surface area contributed by atoms with Crippen molar-refractivity contribution < 1.29 is 4.74 Å². The van der Waals surface area contributed by atoms with Crippen LogP contribution in [0.15, 0.2) is 24.4 Å². The molecule has 3 N–H and O–H groups in total. The van der Waals surface area contributed by atoms with Gasteiger partial charge in [-0.25, -0.2) is 0 Å². The number of nitrogens with one attached hydrogen (secondary N) is 1. The number of hydrogen-bond acceptors (Lipinski definition) is 3. The number of benzene rings is 1.